The SMILES string of the molecule is CC(=O)C1CN(S(=O)(=O)c2ccc(C)cc2)c2ccc(Br)cc21. The molecule has 0 saturated carbocycles. The molecule has 1 aliphatic heterocycles. The van der Waals surface area contributed by atoms with Crippen molar-refractivity contribution in [3.8, 4) is 0 Å². The third kappa shape index (κ3) is 2.81. The number of sulfonamides is 1. The molecule has 2 aromatic rings. The van der Waals surface area contributed by atoms with Crippen molar-refractivity contribution in [3.05, 3.63) is 58.1 Å². The number of ketones is 1. The van der Waals surface area contributed by atoms with Crippen LogP contribution < -0.4 is 4.31 Å². The summed E-state index contributed by atoms with van der Waals surface area (Å²) in [7, 11) is -3.68. The first kappa shape index (κ1) is 16.2. The molecular weight excluding hydrogens is 378 g/mol. The molecule has 4 nitrogen and oxygen atoms in total. The molecule has 0 radical (unpaired) electrons. The van der Waals surface area contributed by atoms with Crippen LogP contribution in [0.1, 0.15) is 24.0 Å². The van der Waals surface area contributed by atoms with E-state index in [1.54, 1.807) is 36.4 Å². The fourth-order valence-corrected chi connectivity index (χ4v) is 4.69. The molecule has 2 aromatic carbocycles. The lowest BCUT2D eigenvalue weighted by molar-refractivity contribution is -0.118. The second kappa shape index (κ2) is 5.76. The van der Waals surface area contributed by atoms with E-state index < -0.39 is 15.9 Å². The average Bonchev–Trinajstić information content (AvgIpc) is 2.87. The Morgan fingerprint density at radius 3 is 2.43 bits per heavy atom. The van der Waals surface area contributed by atoms with Crippen LogP contribution in [0.4, 0.5) is 5.69 Å². The number of halogens is 1. The van der Waals surface area contributed by atoms with E-state index in [-0.39, 0.29) is 17.2 Å². The van der Waals surface area contributed by atoms with Gasteiger partial charge in [-0.15, -0.1) is 0 Å². The van der Waals surface area contributed by atoms with Gasteiger partial charge < -0.3 is 0 Å². The zero-order valence-electron chi connectivity index (χ0n) is 12.8. The van der Waals surface area contributed by atoms with Crippen molar-refractivity contribution >= 4 is 37.4 Å². The number of aryl methyl sites for hydroxylation is 1. The summed E-state index contributed by atoms with van der Waals surface area (Å²) in [6, 6.07) is 12.1. The molecule has 23 heavy (non-hydrogen) atoms. The van der Waals surface area contributed by atoms with Crippen LogP contribution in [0, 0.1) is 6.92 Å². The van der Waals surface area contributed by atoms with Gasteiger partial charge in [0.1, 0.15) is 5.78 Å². The Kier molecular flexibility index (Phi) is 4.06. The Hall–Kier alpha value is -1.66. The maximum Gasteiger partial charge on any atom is 0.264 e. The van der Waals surface area contributed by atoms with Gasteiger partial charge in [-0.3, -0.25) is 9.10 Å². The third-order valence-corrected chi connectivity index (χ3v) is 6.37. The van der Waals surface area contributed by atoms with Crippen molar-refractivity contribution in [1.29, 1.82) is 0 Å². The highest BCUT2D eigenvalue weighted by Gasteiger charge is 2.38. The van der Waals surface area contributed by atoms with Gasteiger partial charge in [0.05, 0.1) is 16.5 Å². The van der Waals surface area contributed by atoms with E-state index in [9.17, 15) is 13.2 Å². The monoisotopic (exact) mass is 393 g/mol. The van der Waals surface area contributed by atoms with Gasteiger partial charge in [-0.25, -0.2) is 8.42 Å². The standard InChI is InChI=1S/C17H16BrNO3S/c1-11-3-6-14(7-4-11)23(21,22)19-10-16(12(2)20)15-9-13(18)5-8-17(15)19/h3-9,16H,10H2,1-2H3. The molecule has 0 aliphatic carbocycles. The van der Waals surface area contributed by atoms with Crippen LogP contribution in [0.2, 0.25) is 0 Å². The predicted octanol–water partition coefficient (Wildman–Crippen LogP) is 3.64. The van der Waals surface area contributed by atoms with E-state index in [1.165, 1.54) is 11.2 Å². The summed E-state index contributed by atoms with van der Waals surface area (Å²) in [6.45, 7) is 3.56. The van der Waals surface area contributed by atoms with Gasteiger partial charge in [0.2, 0.25) is 0 Å². The Morgan fingerprint density at radius 2 is 1.83 bits per heavy atom. The van der Waals surface area contributed by atoms with E-state index in [0.717, 1.165) is 15.6 Å². The second-order valence-corrected chi connectivity index (χ2v) is 8.49. The van der Waals surface area contributed by atoms with E-state index in [4.69, 9.17) is 0 Å². The molecular formula is C17H16BrNO3S. The minimum Gasteiger partial charge on any atom is -0.299 e. The van der Waals surface area contributed by atoms with E-state index in [1.807, 2.05) is 13.0 Å². The number of carbonyl (C=O) groups excluding carboxylic acids is 1. The molecule has 0 spiro atoms. The maximum atomic E-state index is 13.0. The quantitative estimate of drug-likeness (QED) is 0.799. The first-order valence-electron chi connectivity index (χ1n) is 7.20. The number of rotatable bonds is 3. The first-order valence-corrected chi connectivity index (χ1v) is 9.43. The molecule has 3 rings (SSSR count). The number of carbonyl (C=O) groups is 1. The molecule has 1 atom stereocenters. The number of anilines is 1. The van der Waals surface area contributed by atoms with Crippen LogP contribution in [0.15, 0.2) is 51.8 Å². The minimum absolute atomic E-state index is 0.0362. The number of hydrogen-bond donors (Lipinski definition) is 0. The number of fused-ring (bicyclic) bond motifs is 1. The highest BCUT2D eigenvalue weighted by Crippen LogP contribution is 2.41. The molecule has 0 bridgehead atoms. The third-order valence-electron chi connectivity index (χ3n) is 4.08. The summed E-state index contributed by atoms with van der Waals surface area (Å²) >= 11 is 3.39. The molecule has 0 fully saturated rings. The summed E-state index contributed by atoms with van der Waals surface area (Å²) in [5.41, 5.74) is 2.33. The number of Topliss-reactive ketones (excluding diaryl/α,β-unsaturated/α-hetero) is 1. The van der Waals surface area contributed by atoms with Crippen LogP contribution >= 0.6 is 15.9 Å². The van der Waals surface area contributed by atoms with Crippen LogP contribution in [0.3, 0.4) is 0 Å². The maximum absolute atomic E-state index is 13.0. The van der Waals surface area contributed by atoms with Crippen molar-refractivity contribution in [3.63, 3.8) is 0 Å². The lowest BCUT2D eigenvalue weighted by Gasteiger charge is -2.20. The highest BCUT2D eigenvalue weighted by atomic mass is 79.9. The Labute approximate surface area is 144 Å². The Morgan fingerprint density at radius 1 is 1.17 bits per heavy atom. The molecule has 0 aromatic heterocycles. The first-order chi connectivity index (χ1) is 10.8. The summed E-state index contributed by atoms with van der Waals surface area (Å²) < 4.78 is 28.1. The summed E-state index contributed by atoms with van der Waals surface area (Å²) in [5.74, 6) is -0.464. The van der Waals surface area contributed by atoms with Gasteiger partial charge in [-0.1, -0.05) is 33.6 Å². The normalized spacial score (nSPS) is 17.2. The van der Waals surface area contributed by atoms with Gasteiger partial charge in [0, 0.05) is 11.0 Å². The van der Waals surface area contributed by atoms with Crippen molar-refractivity contribution in [2.24, 2.45) is 0 Å². The second-order valence-electron chi connectivity index (χ2n) is 5.72. The van der Waals surface area contributed by atoms with Crippen molar-refractivity contribution in [2.45, 2.75) is 24.7 Å². The molecule has 1 unspecified atom stereocenters. The smallest absolute Gasteiger partial charge is 0.264 e. The lowest BCUT2D eigenvalue weighted by atomic mass is 9.98. The molecule has 0 saturated heterocycles. The van der Waals surface area contributed by atoms with Crippen LogP contribution in [0.5, 0.6) is 0 Å². The molecule has 120 valence electrons. The Bertz CT molecular complexity index is 875. The van der Waals surface area contributed by atoms with Crippen molar-refractivity contribution in [2.75, 3.05) is 10.8 Å². The average molecular weight is 394 g/mol. The number of nitrogens with zero attached hydrogens (tertiary/aromatic N) is 1. The van der Waals surface area contributed by atoms with Gasteiger partial charge >= 0.3 is 0 Å². The summed E-state index contributed by atoms with van der Waals surface area (Å²) in [4.78, 5) is 12.2. The summed E-state index contributed by atoms with van der Waals surface area (Å²) in [5, 5.41) is 0. The largest absolute Gasteiger partial charge is 0.299 e. The van der Waals surface area contributed by atoms with Gasteiger partial charge in [-0.05, 0) is 49.7 Å². The van der Waals surface area contributed by atoms with Gasteiger partial charge in [0.25, 0.3) is 10.0 Å². The molecule has 1 aliphatic rings. The fourth-order valence-electron chi connectivity index (χ4n) is 2.81. The molecule has 0 amide bonds. The molecule has 6 heteroatoms. The van der Waals surface area contributed by atoms with E-state index >= 15 is 0 Å². The molecule has 0 N–H and O–H groups in total. The van der Waals surface area contributed by atoms with Crippen molar-refractivity contribution < 1.29 is 13.2 Å². The zero-order chi connectivity index (χ0) is 16.8. The summed E-state index contributed by atoms with van der Waals surface area (Å²) in [6.07, 6.45) is 0. The highest BCUT2D eigenvalue weighted by molar-refractivity contribution is 9.10. The van der Waals surface area contributed by atoms with E-state index in [2.05, 4.69) is 15.9 Å². The van der Waals surface area contributed by atoms with E-state index in [0.29, 0.717) is 5.69 Å². The van der Waals surface area contributed by atoms with Crippen LogP contribution in [-0.4, -0.2) is 20.7 Å². The van der Waals surface area contributed by atoms with Crippen LogP contribution in [0.25, 0.3) is 0 Å². The fraction of sp³-hybridized carbons (Fsp3) is 0.235. The lowest BCUT2D eigenvalue weighted by Crippen LogP contribution is -2.31. The zero-order valence-corrected chi connectivity index (χ0v) is 15.2. The topological polar surface area (TPSA) is 54.5 Å². The van der Waals surface area contributed by atoms with Crippen molar-refractivity contribution in [1.82, 2.24) is 0 Å². The van der Waals surface area contributed by atoms with Crippen LogP contribution in [-0.2, 0) is 14.8 Å². The number of hydrogen-bond acceptors (Lipinski definition) is 3. The van der Waals surface area contributed by atoms with Gasteiger partial charge in [-0.2, -0.15) is 0 Å². The minimum atomic E-state index is -3.68. The molecule has 1 heterocycles. The predicted molar refractivity (Wildman–Crippen MR) is 93.3 cm³/mol. The Balaban J connectivity index is 2.11. The van der Waals surface area contributed by atoms with Gasteiger partial charge in [0.15, 0.2) is 0 Å². The number of benzene rings is 2.